The molecule has 122 valence electrons. The van der Waals surface area contributed by atoms with Gasteiger partial charge >= 0.3 is 6.09 Å². The van der Waals surface area contributed by atoms with Gasteiger partial charge in [0.2, 0.25) is 0 Å². The van der Waals surface area contributed by atoms with E-state index in [1.165, 1.54) is 0 Å². The second-order valence-corrected chi connectivity index (χ2v) is 6.94. The predicted molar refractivity (Wildman–Crippen MR) is 87.2 cm³/mol. The lowest BCUT2D eigenvalue weighted by Gasteiger charge is -2.32. The van der Waals surface area contributed by atoms with Crippen molar-refractivity contribution in [2.75, 3.05) is 19.6 Å². The maximum absolute atomic E-state index is 12.5. The second-order valence-electron chi connectivity index (χ2n) is 6.58. The minimum absolute atomic E-state index is 0.169. The van der Waals surface area contributed by atoms with Crippen molar-refractivity contribution in [3.63, 3.8) is 0 Å². The van der Waals surface area contributed by atoms with Gasteiger partial charge in [-0.2, -0.15) is 0 Å². The Morgan fingerprint density at radius 3 is 2.82 bits per heavy atom. The molecule has 0 spiro atoms. The summed E-state index contributed by atoms with van der Waals surface area (Å²) in [5, 5.41) is 3.80. The number of amides is 1. The van der Waals surface area contributed by atoms with Crippen molar-refractivity contribution < 1.29 is 9.53 Å². The molecular weight excluding hydrogens is 302 g/mol. The van der Waals surface area contributed by atoms with Gasteiger partial charge in [0.05, 0.1) is 6.04 Å². The number of carbonyl (C=O) groups is 1. The smallest absolute Gasteiger partial charge is 0.410 e. The van der Waals surface area contributed by atoms with E-state index >= 15 is 0 Å². The topological polar surface area (TPSA) is 54.5 Å². The number of rotatable bonds is 1. The molecule has 0 bridgehead atoms. The molecule has 6 heteroatoms. The quantitative estimate of drug-likeness (QED) is 0.805. The summed E-state index contributed by atoms with van der Waals surface area (Å²) in [6.07, 6.45) is 0.574. The van der Waals surface area contributed by atoms with E-state index in [0.717, 1.165) is 24.2 Å². The highest BCUT2D eigenvalue weighted by molar-refractivity contribution is 6.30. The Hall–Kier alpha value is -1.33. The fourth-order valence-corrected chi connectivity index (χ4v) is 2.80. The number of aromatic nitrogens is 1. The van der Waals surface area contributed by atoms with Crippen LogP contribution in [0.1, 0.15) is 44.5 Å². The van der Waals surface area contributed by atoms with Crippen molar-refractivity contribution in [2.24, 2.45) is 0 Å². The second kappa shape index (κ2) is 6.84. The van der Waals surface area contributed by atoms with Gasteiger partial charge < -0.3 is 10.1 Å². The van der Waals surface area contributed by atoms with Crippen LogP contribution in [0, 0.1) is 6.92 Å². The molecule has 1 unspecified atom stereocenters. The lowest BCUT2D eigenvalue weighted by molar-refractivity contribution is 0.0174. The monoisotopic (exact) mass is 325 g/mol. The van der Waals surface area contributed by atoms with Gasteiger partial charge in [-0.3, -0.25) is 4.90 Å². The first-order chi connectivity index (χ1) is 10.3. The van der Waals surface area contributed by atoms with Crippen LogP contribution in [0.15, 0.2) is 12.1 Å². The van der Waals surface area contributed by atoms with Gasteiger partial charge in [-0.1, -0.05) is 17.7 Å². The molecule has 1 amide bonds. The fraction of sp³-hybridized carbons (Fsp3) is 0.625. The zero-order valence-corrected chi connectivity index (χ0v) is 14.4. The van der Waals surface area contributed by atoms with Gasteiger partial charge in [-0.15, -0.1) is 0 Å². The van der Waals surface area contributed by atoms with Gasteiger partial charge in [0.15, 0.2) is 0 Å². The van der Waals surface area contributed by atoms with Crippen molar-refractivity contribution in [3.05, 3.63) is 28.5 Å². The fourth-order valence-electron chi connectivity index (χ4n) is 2.48. The zero-order chi connectivity index (χ0) is 16.3. The van der Waals surface area contributed by atoms with E-state index in [9.17, 15) is 4.79 Å². The van der Waals surface area contributed by atoms with Crippen LogP contribution in [0.5, 0.6) is 0 Å². The maximum atomic E-state index is 12.5. The summed E-state index contributed by atoms with van der Waals surface area (Å²) in [6.45, 7) is 9.66. The average molecular weight is 326 g/mol. The maximum Gasteiger partial charge on any atom is 0.410 e. The number of carbonyl (C=O) groups excluding carboxylic acids is 1. The molecule has 1 aliphatic heterocycles. The molecule has 5 nitrogen and oxygen atoms in total. The van der Waals surface area contributed by atoms with Crippen molar-refractivity contribution >= 4 is 17.7 Å². The Morgan fingerprint density at radius 2 is 2.18 bits per heavy atom. The lowest BCUT2D eigenvalue weighted by atomic mass is 10.1. The summed E-state index contributed by atoms with van der Waals surface area (Å²) in [4.78, 5) is 18.6. The Kier molecular flexibility index (Phi) is 5.29. The third-order valence-electron chi connectivity index (χ3n) is 3.47. The minimum Gasteiger partial charge on any atom is -0.444 e. The average Bonchev–Trinajstić information content (AvgIpc) is 2.62. The third kappa shape index (κ3) is 4.34. The van der Waals surface area contributed by atoms with E-state index in [1.54, 1.807) is 4.90 Å². The number of aryl methyl sites for hydroxylation is 1. The van der Waals surface area contributed by atoms with Gasteiger partial charge in [-0.05, 0) is 46.7 Å². The molecule has 2 heterocycles. The molecule has 1 saturated heterocycles. The molecule has 22 heavy (non-hydrogen) atoms. The van der Waals surface area contributed by atoms with Crippen LogP contribution in [0.25, 0.3) is 0 Å². The Bertz CT molecular complexity index is 543. The number of pyridine rings is 1. The number of nitrogens with one attached hydrogen (secondary N) is 1. The van der Waals surface area contributed by atoms with Gasteiger partial charge in [0, 0.05) is 24.3 Å². The molecular formula is C16H24ClN3O2. The summed E-state index contributed by atoms with van der Waals surface area (Å²) >= 11 is 6.30. The first-order valence-corrected chi connectivity index (χ1v) is 7.99. The number of ether oxygens (including phenoxy) is 1. The summed E-state index contributed by atoms with van der Waals surface area (Å²) in [7, 11) is 0. The van der Waals surface area contributed by atoms with E-state index in [2.05, 4.69) is 10.3 Å². The molecule has 1 fully saturated rings. The van der Waals surface area contributed by atoms with Gasteiger partial charge in [0.1, 0.15) is 10.8 Å². The number of halogens is 1. The standard InChI is InChI=1S/C16H24ClN3O2/c1-11-6-7-12(14(17)19-11)13-10-18-8-5-9-20(13)15(21)22-16(2,3)4/h6-7,13,18H,5,8-10H2,1-4H3. The van der Waals surface area contributed by atoms with E-state index in [0.29, 0.717) is 18.2 Å². The Balaban J connectivity index is 2.29. The SMILES string of the molecule is Cc1ccc(C2CNCCCN2C(=O)OC(C)(C)C)c(Cl)n1. The summed E-state index contributed by atoms with van der Waals surface area (Å²) in [5.41, 5.74) is 1.20. The van der Waals surface area contributed by atoms with E-state index in [1.807, 2.05) is 39.8 Å². The largest absolute Gasteiger partial charge is 0.444 e. The summed E-state index contributed by atoms with van der Waals surface area (Å²) in [6, 6.07) is 3.69. The number of hydrogen-bond donors (Lipinski definition) is 1. The van der Waals surface area contributed by atoms with Crippen LogP contribution < -0.4 is 5.32 Å². The summed E-state index contributed by atoms with van der Waals surface area (Å²) in [5.74, 6) is 0. The molecule has 1 aliphatic rings. The zero-order valence-electron chi connectivity index (χ0n) is 13.6. The van der Waals surface area contributed by atoms with E-state index in [4.69, 9.17) is 16.3 Å². The van der Waals surface area contributed by atoms with Crippen LogP contribution >= 0.6 is 11.6 Å². The summed E-state index contributed by atoms with van der Waals surface area (Å²) < 4.78 is 5.54. The van der Waals surface area contributed by atoms with E-state index in [-0.39, 0.29) is 12.1 Å². The molecule has 0 saturated carbocycles. The van der Waals surface area contributed by atoms with Crippen molar-refractivity contribution in [3.8, 4) is 0 Å². The molecule has 0 aliphatic carbocycles. The highest BCUT2D eigenvalue weighted by Gasteiger charge is 2.31. The first kappa shape index (κ1) is 17.0. The van der Waals surface area contributed by atoms with E-state index < -0.39 is 5.60 Å². The molecule has 1 atom stereocenters. The van der Waals surface area contributed by atoms with Crippen LogP contribution in [-0.4, -0.2) is 41.2 Å². The Labute approximate surface area is 137 Å². The van der Waals surface area contributed by atoms with Crippen molar-refractivity contribution in [1.82, 2.24) is 15.2 Å². The van der Waals surface area contributed by atoms with Gasteiger partial charge in [-0.25, -0.2) is 9.78 Å². The molecule has 1 aromatic rings. The third-order valence-corrected chi connectivity index (χ3v) is 3.77. The highest BCUT2D eigenvalue weighted by Crippen LogP contribution is 2.29. The lowest BCUT2D eigenvalue weighted by Crippen LogP contribution is -2.41. The molecule has 1 N–H and O–H groups in total. The molecule has 0 radical (unpaired) electrons. The van der Waals surface area contributed by atoms with Gasteiger partial charge in [0.25, 0.3) is 0 Å². The van der Waals surface area contributed by atoms with Crippen molar-refractivity contribution in [1.29, 1.82) is 0 Å². The normalized spacial score (nSPS) is 19.7. The van der Waals surface area contributed by atoms with Crippen LogP contribution in [0.4, 0.5) is 4.79 Å². The highest BCUT2D eigenvalue weighted by atomic mass is 35.5. The predicted octanol–water partition coefficient (Wildman–Crippen LogP) is 3.31. The molecule has 0 aromatic carbocycles. The number of hydrogen-bond acceptors (Lipinski definition) is 4. The van der Waals surface area contributed by atoms with Crippen LogP contribution in [-0.2, 0) is 4.74 Å². The Morgan fingerprint density at radius 1 is 1.45 bits per heavy atom. The first-order valence-electron chi connectivity index (χ1n) is 7.61. The van der Waals surface area contributed by atoms with Crippen LogP contribution in [0.3, 0.4) is 0 Å². The van der Waals surface area contributed by atoms with Crippen LogP contribution in [0.2, 0.25) is 5.15 Å². The molecule has 1 aromatic heterocycles. The minimum atomic E-state index is -0.517. The van der Waals surface area contributed by atoms with Crippen molar-refractivity contribution in [2.45, 2.75) is 45.8 Å². The number of nitrogens with zero attached hydrogens (tertiary/aromatic N) is 2. The molecule has 2 rings (SSSR count).